The minimum absolute atomic E-state index is 0.142. The Morgan fingerprint density at radius 2 is 2.17 bits per heavy atom. The molecule has 3 nitrogen and oxygen atoms in total. The van der Waals surface area contributed by atoms with Gasteiger partial charge in [-0.15, -0.1) is 0 Å². The van der Waals surface area contributed by atoms with E-state index in [0.29, 0.717) is 17.7 Å². The number of hydrogen-bond donors (Lipinski definition) is 1. The molecular formula is C14H14BrNO2. The molecule has 94 valence electrons. The van der Waals surface area contributed by atoms with Crippen LogP contribution in [0.15, 0.2) is 39.4 Å². The van der Waals surface area contributed by atoms with E-state index in [1.807, 2.05) is 32.0 Å². The number of carbonyl (C=O) groups is 1. The summed E-state index contributed by atoms with van der Waals surface area (Å²) < 4.78 is 6.22. The van der Waals surface area contributed by atoms with E-state index in [0.717, 1.165) is 15.7 Å². The quantitative estimate of drug-likeness (QED) is 0.925. The summed E-state index contributed by atoms with van der Waals surface area (Å²) in [5, 5.41) is 2.86. The number of carbonyl (C=O) groups excluding carboxylic acids is 1. The molecule has 1 amide bonds. The molecule has 0 aliphatic heterocycles. The molecule has 0 saturated heterocycles. The summed E-state index contributed by atoms with van der Waals surface area (Å²) >= 11 is 3.44. The van der Waals surface area contributed by atoms with Crippen molar-refractivity contribution in [1.29, 1.82) is 0 Å². The lowest BCUT2D eigenvalue weighted by atomic mass is 10.2. The normalized spacial score (nSPS) is 10.4. The Hall–Kier alpha value is -1.55. The molecule has 1 aromatic heterocycles. The highest BCUT2D eigenvalue weighted by molar-refractivity contribution is 9.10. The van der Waals surface area contributed by atoms with Crippen LogP contribution in [-0.4, -0.2) is 5.91 Å². The van der Waals surface area contributed by atoms with E-state index in [9.17, 15) is 4.79 Å². The standard InChI is InChI=1S/C14H14BrNO2/c1-3-13-11(6-7-18-13)14(17)16-10-5-4-9(2)12(15)8-10/h4-8H,3H2,1-2H3,(H,16,17). The number of hydrogen-bond acceptors (Lipinski definition) is 2. The molecule has 0 saturated carbocycles. The molecule has 0 fully saturated rings. The van der Waals surface area contributed by atoms with Crippen molar-refractivity contribution in [3.8, 4) is 0 Å². The highest BCUT2D eigenvalue weighted by Gasteiger charge is 2.13. The molecule has 0 radical (unpaired) electrons. The Kier molecular flexibility index (Phi) is 3.87. The van der Waals surface area contributed by atoms with Crippen LogP contribution in [0.3, 0.4) is 0 Å². The topological polar surface area (TPSA) is 42.2 Å². The molecule has 0 aliphatic rings. The van der Waals surface area contributed by atoms with Crippen molar-refractivity contribution in [2.75, 3.05) is 5.32 Å². The second-order valence-electron chi connectivity index (χ2n) is 4.03. The fourth-order valence-electron chi connectivity index (χ4n) is 1.69. The molecule has 1 N–H and O–H groups in total. The first-order valence-corrected chi connectivity index (χ1v) is 6.55. The maximum absolute atomic E-state index is 12.1. The molecule has 0 unspecified atom stereocenters. The third-order valence-corrected chi connectivity index (χ3v) is 3.60. The van der Waals surface area contributed by atoms with Crippen LogP contribution in [0.1, 0.15) is 28.6 Å². The zero-order chi connectivity index (χ0) is 13.1. The van der Waals surface area contributed by atoms with E-state index < -0.39 is 0 Å². The Morgan fingerprint density at radius 3 is 2.83 bits per heavy atom. The lowest BCUT2D eigenvalue weighted by Gasteiger charge is -2.06. The van der Waals surface area contributed by atoms with Crippen LogP contribution in [0, 0.1) is 6.92 Å². The van der Waals surface area contributed by atoms with Gasteiger partial charge in [0.2, 0.25) is 0 Å². The smallest absolute Gasteiger partial charge is 0.259 e. The van der Waals surface area contributed by atoms with Crippen molar-refractivity contribution in [3.05, 3.63) is 51.9 Å². The van der Waals surface area contributed by atoms with Crippen LogP contribution in [0.4, 0.5) is 5.69 Å². The van der Waals surface area contributed by atoms with Crippen molar-refractivity contribution in [2.24, 2.45) is 0 Å². The third-order valence-electron chi connectivity index (χ3n) is 2.74. The van der Waals surface area contributed by atoms with Crippen LogP contribution in [0.25, 0.3) is 0 Å². The van der Waals surface area contributed by atoms with Gasteiger partial charge in [-0.05, 0) is 30.7 Å². The van der Waals surface area contributed by atoms with Crippen LogP contribution in [-0.2, 0) is 6.42 Å². The summed E-state index contributed by atoms with van der Waals surface area (Å²) in [5.74, 6) is 0.565. The van der Waals surface area contributed by atoms with Gasteiger partial charge in [0.1, 0.15) is 5.76 Å². The van der Waals surface area contributed by atoms with E-state index in [1.165, 1.54) is 0 Å². The van der Waals surface area contributed by atoms with Crippen molar-refractivity contribution in [3.63, 3.8) is 0 Å². The molecular weight excluding hydrogens is 294 g/mol. The van der Waals surface area contributed by atoms with E-state index >= 15 is 0 Å². The largest absolute Gasteiger partial charge is 0.469 e. The summed E-state index contributed by atoms with van der Waals surface area (Å²) in [7, 11) is 0. The zero-order valence-corrected chi connectivity index (χ0v) is 11.9. The SMILES string of the molecule is CCc1occc1C(=O)Nc1ccc(C)c(Br)c1. The predicted molar refractivity (Wildman–Crippen MR) is 74.9 cm³/mol. The minimum atomic E-state index is -0.142. The van der Waals surface area contributed by atoms with E-state index in [1.54, 1.807) is 12.3 Å². The van der Waals surface area contributed by atoms with Gasteiger partial charge < -0.3 is 9.73 Å². The van der Waals surface area contributed by atoms with Crippen molar-refractivity contribution >= 4 is 27.5 Å². The summed E-state index contributed by atoms with van der Waals surface area (Å²) in [6.07, 6.45) is 2.24. The van der Waals surface area contributed by atoms with Crippen molar-refractivity contribution < 1.29 is 9.21 Å². The van der Waals surface area contributed by atoms with Gasteiger partial charge in [-0.1, -0.05) is 28.9 Å². The molecule has 2 rings (SSSR count). The van der Waals surface area contributed by atoms with Crippen molar-refractivity contribution in [2.45, 2.75) is 20.3 Å². The molecule has 4 heteroatoms. The van der Waals surface area contributed by atoms with Gasteiger partial charge in [-0.25, -0.2) is 0 Å². The van der Waals surface area contributed by atoms with Gasteiger partial charge in [-0.2, -0.15) is 0 Å². The molecule has 0 aliphatic carbocycles. The van der Waals surface area contributed by atoms with Crippen LogP contribution < -0.4 is 5.32 Å². The molecule has 18 heavy (non-hydrogen) atoms. The number of benzene rings is 1. The minimum Gasteiger partial charge on any atom is -0.469 e. The Balaban J connectivity index is 2.19. The first-order valence-electron chi connectivity index (χ1n) is 5.75. The highest BCUT2D eigenvalue weighted by Crippen LogP contribution is 2.21. The van der Waals surface area contributed by atoms with Crippen molar-refractivity contribution in [1.82, 2.24) is 0 Å². The van der Waals surface area contributed by atoms with Gasteiger partial charge in [0, 0.05) is 16.6 Å². The fourth-order valence-corrected chi connectivity index (χ4v) is 2.06. The molecule has 0 atom stereocenters. The van der Waals surface area contributed by atoms with E-state index in [2.05, 4.69) is 21.2 Å². The van der Waals surface area contributed by atoms with Crippen LogP contribution in [0.2, 0.25) is 0 Å². The first-order chi connectivity index (χ1) is 8.61. The van der Waals surface area contributed by atoms with E-state index in [4.69, 9.17) is 4.42 Å². The van der Waals surface area contributed by atoms with Gasteiger partial charge in [0.25, 0.3) is 5.91 Å². The maximum atomic E-state index is 12.1. The highest BCUT2D eigenvalue weighted by atomic mass is 79.9. The molecule has 2 aromatic rings. The number of aryl methyl sites for hydroxylation is 2. The monoisotopic (exact) mass is 307 g/mol. The average molecular weight is 308 g/mol. The first kappa shape index (κ1) is 12.9. The van der Waals surface area contributed by atoms with Gasteiger partial charge in [-0.3, -0.25) is 4.79 Å². The van der Waals surface area contributed by atoms with Crippen LogP contribution >= 0.6 is 15.9 Å². The Morgan fingerprint density at radius 1 is 1.39 bits per heavy atom. The number of anilines is 1. The van der Waals surface area contributed by atoms with Gasteiger partial charge >= 0.3 is 0 Å². The Labute approximate surface area is 114 Å². The summed E-state index contributed by atoms with van der Waals surface area (Å²) in [6, 6.07) is 7.41. The zero-order valence-electron chi connectivity index (χ0n) is 10.3. The maximum Gasteiger partial charge on any atom is 0.259 e. The van der Waals surface area contributed by atoms with E-state index in [-0.39, 0.29) is 5.91 Å². The summed E-state index contributed by atoms with van der Waals surface area (Å²) in [4.78, 5) is 12.1. The summed E-state index contributed by atoms with van der Waals surface area (Å²) in [5.41, 5.74) is 2.49. The average Bonchev–Trinajstić information content (AvgIpc) is 2.82. The second-order valence-corrected chi connectivity index (χ2v) is 4.88. The number of rotatable bonds is 3. The molecule has 1 heterocycles. The lowest BCUT2D eigenvalue weighted by molar-refractivity contribution is 0.102. The fraction of sp³-hybridized carbons (Fsp3) is 0.214. The number of nitrogens with one attached hydrogen (secondary N) is 1. The van der Waals surface area contributed by atoms with Gasteiger partial charge in [0.15, 0.2) is 0 Å². The lowest BCUT2D eigenvalue weighted by Crippen LogP contribution is -2.12. The second kappa shape index (κ2) is 5.40. The molecule has 0 spiro atoms. The van der Waals surface area contributed by atoms with Gasteiger partial charge in [0.05, 0.1) is 11.8 Å². The molecule has 1 aromatic carbocycles. The van der Waals surface area contributed by atoms with Crippen LogP contribution in [0.5, 0.6) is 0 Å². The Bertz CT molecular complexity index is 575. The molecule has 0 bridgehead atoms. The predicted octanol–water partition coefficient (Wildman–Crippen LogP) is 4.17. The third kappa shape index (κ3) is 2.64. The summed E-state index contributed by atoms with van der Waals surface area (Å²) in [6.45, 7) is 3.96. The number of halogens is 1. The number of amides is 1. The number of furan rings is 1.